The van der Waals surface area contributed by atoms with Gasteiger partial charge in [-0.2, -0.15) is 0 Å². The Balaban J connectivity index is 0.00000200. The topological polar surface area (TPSA) is 77.1 Å². The predicted octanol–water partition coefficient (Wildman–Crippen LogP) is 2.60. The Kier molecular flexibility index (Phi) is 7.44. The van der Waals surface area contributed by atoms with Gasteiger partial charge in [0.25, 0.3) is 0 Å². The average molecular weight is 298 g/mol. The van der Waals surface area contributed by atoms with Gasteiger partial charge in [-0.1, -0.05) is 0 Å². The minimum Gasteiger partial charge on any atom is -0.494 e. The molecule has 0 saturated heterocycles. The van der Waals surface area contributed by atoms with E-state index in [9.17, 15) is 0 Å². The third-order valence-corrected chi connectivity index (χ3v) is 3.27. The van der Waals surface area contributed by atoms with E-state index in [0.29, 0.717) is 6.54 Å². The molecule has 1 aromatic carbocycles. The van der Waals surface area contributed by atoms with Crippen molar-refractivity contribution in [3.8, 4) is 5.75 Å². The molecular weight excluding hydrogens is 274 g/mol. The largest absolute Gasteiger partial charge is 0.494 e. The number of aromatic nitrogens is 1. The molecule has 112 valence electrons. The van der Waals surface area contributed by atoms with E-state index in [4.69, 9.17) is 16.2 Å². The molecule has 0 fully saturated rings. The van der Waals surface area contributed by atoms with Gasteiger partial charge in [0.1, 0.15) is 5.75 Å². The highest BCUT2D eigenvalue weighted by Gasteiger charge is 2.04. The molecule has 5 heteroatoms. The SMILES string of the molecule is Cl.NCCCCCOc1ccc2[nH]cc(CCN)c2c1. The molecule has 0 radical (unpaired) electrons. The number of ether oxygens (including phenoxy) is 1. The van der Waals surface area contributed by atoms with Gasteiger partial charge in [0.15, 0.2) is 0 Å². The molecule has 0 unspecified atom stereocenters. The fraction of sp³-hybridized carbons (Fsp3) is 0.467. The Morgan fingerprint density at radius 3 is 2.65 bits per heavy atom. The Morgan fingerprint density at radius 1 is 1.05 bits per heavy atom. The Morgan fingerprint density at radius 2 is 1.90 bits per heavy atom. The van der Waals surface area contributed by atoms with Crippen LogP contribution in [0.4, 0.5) is 0 Å². The molecule has 2 aromatic rings. The molecule has 0 aliphatic carbocycles. The van der Waals surface area contributed by atoms with Crippen molar-refractivity contribution in [2.75, 3.05) is 19.7 Å². The number of H-pyrrole nitrogens is 1. The molecule has 4 nitrogen and oxygen atoms in total. The Labute approximate surface area is 126 Å². The van der Waals surface area contributed by atoms with E-state index in [1.807, 2.05) is 12.3 Å². The van der Waals surface area contributed by atoms with Crippen molar-refractivity contribution in [3.05, 3.63) is 30.0 Å². The van der Waals surface area contributed by atoms with E-state index in [-0.39, 0.29) is 12.4 Å². The maximum atomic E-state index is 5.78. The van der Waals surface area contributed by atoms with Crippen LogP contribution in [0.25, 0.3) is 10.9 Å². The van der Waals surface area contributed by atoms with Crippen molar-refractivity contribution < 1.29 is 4.74 Å². The summed E-state index contributed by atoms with van der Waals surface area (Å²) in [4.78, 5) is 3.26. The van der Waals surface area contributed by atoms with Gasteiger partial charge in [-0.25, -0.2) is 0 Å². The standard InChI is InChI=1S/C15H23N3O.ClH/c16-7-2-1-3-9-19-13-4-5-15-14(10-13)12(6-8-17)11-18-15;/h4-5,10-11,18H,1-3,6-9,16-17H2;1H. The highest BCUT2D eigenvalue weighted by Crippen LogP contribution is 2.24. The zero-order chi connectivity index (χ0) is 13.5. The zero-order valence-corrected chi connectivity index (χ0v) is 12.5. The van der Waals surface area contributed by atoms with E-state index in [1.165, 1.54) is 10.9 Å². The second-order valence-corrected chi connectivity index (χ2v) is 4.76. The van der Waals surface area contributed by atoms with Crippen LogP contribution in [0.3, 0.4) is 0 Å². The van der Waals surface area contributed by atoms with Crippen LogP contribution in [0, 0.1) is 0 Å². The van der Waals surface area contributed by atoms with Crippen LogP contribution in [-0.4, -0.2) is 24.7 Å². The van der Waals surface area contributed by atoms with Crippen LogP contribution in [-0.2, 0) is 6.42 Å². The van der Waals surface area contributed by atoms with Crippen molar-refractivity contribution in [2.45, 2.75) is 25.7 Å². The van der Waals surface area contributed by atoms with Gasteiger partial charge in [-0.3, -0.25) is 0 Å². The van der Waals surface area contributed by atoms with Gasteiger partial charge in [0.05, 0.1) is 6.61 Å². The number of unbranched alkanes of at least 4 members (excludes halogenated alkanes) is 2. The minimum absolute atomic E-state index is 0. The zero-order valence-electron chi connectivity index (χ0n) is 11.7. The van der Waals surface area contributed by atoms with Crippen molar-refractivity contribution in [3.63, 3.8) is 0 Å². The van der Waals surface area contributed by atoms with E-state index >= 15 is 0 Å². The van der Waals surface area contributed by atoms with Gasteiger partial charge >= 0.3 is 0 Å². The highest BCUT2D eigenvalue weighted by molar-refractivity contribution is 5.85. The van der Waals surface area contributed by atoms with Gasteiger partial charge in [0, 0.05) is 17.1 Å². The average Bonchev–Trinajstić information content (AvgIpc) is 2.82. The third-order valence-electron chi connectivity index (χ3n) is 3.27. The lowest BCUT2D eigenvalue weighted by molar-refractivity contribution is 0.306. The van der Waals surface area contributed by atoms with Gasteiger partial charge in [0.2, 0.25) is 0 Å². The van der Waals surface area contributed by atoms with Crippen LogP contribution in [0.15, 0.2) is 24.4 Å². The summed E-state index contributed by atoms with van der Waals surface area (Å²) in [7, 11) is 0. The first kappa shape index (κ1) is 16.8. The summed E-state index contributed by atoms with van der Waals surface area (Å²) in [5, 5.41) is 1.21. The second kappa shape index (κ2) is 8.84. The van der Waals surface area contributed by atoms with Crippen LogP contribution in [0.5, 0.6) is 5.75 Å². The smallest absolute Gasteiger partial charge is 0.120 e. The van der Waals surface area contributed by atoms with Crippen molar-refractivity contribution in [1.82, 2.24) is 4.98 Å². The summed E-state index contributed by atoms with van der Waals surface area (Å²) in [5.41, 5.74) is 13.5. The molecule has 0 saturated carbocycles. The summed E-state index contributed by atoms with van der Waals surface area (Å²) in [6, 6.07) is 6.16. The maximum Gasteiger partial charge on any atom is 0.120 e. The number of rotatable bonds is 8. The molecule has 0 aliphatic heterocycles. The molecule has 2 rings (SSSR count). The van der Waals surface area contributed by atoms with E-state index in [1.54, 1.807) is 0 Å². The molecular formula is C15H24ClN3O. The van der Waals surface area contributed by atoms with Crippen molar-refractivity contribution in [1.29, 1.82) is 0 Å². The van der Waals surface area contributed by atoms with Crippen LogP contribution in [0.2, 0.25) is 0 Å². The third kappa shape index (κ3) is 4.40. The lowest BCUT2D eigenvalue weighted by Crippen LogP contribution is -2.02. The first-order chi connectivity index (χ1) is 9.35. The molecule has 1 aromatic heterocycles. The number of fused-ring (bicyclic) bond motifs is 1. The van der Waals surface area contributed by atoms with Gasteiger partial charge < -0.3 is 21.2 Å². The number of benzene rings is 1. The number of hydrogen-bond donors (Lipinski definition) is 3. The normalized spacial score (nSPS) is 10.5. The number of aromatic amines is 1. The van der Waals surface area contributed by atoms with E-state index in [2.05, 4.69) is 17.1 Å². The van der Waals surface area contributed by atoms with E-state index in [0.717, 1.165) is 50.1 Å². The Bertz CT molecular complexity index is 513. The summed E-state index contributed by atoms with van der Waals surface area (Å²) >= 11 is 0. The fourth-order valence-corrected chi connectivity index (χ4v) is 2.22. The first-order valence-corrected chi connectivity index (χ1v) is 6.98. The summed E-state index contributed by atoms with van der Waals surface area (Å²) in [5.74, 6) is 0.929. The van der Waals surface area contributed by atoms with Crippen molar-refractivity contribution >= 4 is 23.3 Å². The van der Waals surface area contributed by atoms with Gasteiger partial charge in [-0.05, 0) is 62.5 Å². The monoisotopic (exact) mass is 297 g/mol. The van der Waals surface area contributed by atoms with Crippen LogP contribution >= 0.6 is 12.4 Å². The highest BCUT2D eigenvalue weighted by atomic mass is 35.5. The summed E-state index contributed by atoms with van der Waals surface area (Å²) < 4.78 is 5.78. The maximum absolute atomic E-state index is 5.78. The Hall–Kier alpha value is -1.23. The molecule has 1 heterocycles. The molecule has 0 amide bonds. The van der Waals surface area contributed by atoms with Gasteiger partial charge in [-0.15, -0.1) is 12.4 Å². The number of nitrogens with two attached hydrogens (primary N) is 2. The van der Waals surface area contributed by atoms with E-state index < -0.39 is 0 Å². The summed E-state index contributed by atoms with van der Waals surface area (Å²) in [6.45, 7) is 2.18. The minimum atomic E-state index is 0. The number of halogens is 1. The lowest BCUT2D eigenvalue weighted by Gasteiger charge is -2.06. The molecule has 0 spiro atoms. The molecule has 5 N–H and O–H groups in total. The van der Waals surface area contributed by atoms with Crippen LogP contribution < -0.4 is 16.2 Å². The molecule has 0 atom stereocenters. The quantitative estimate of drug-likeness (QED) is 0.655. The molecule has 0 bridgehead atoms. The number of nitrogens with one attached hydrogen (secondary N) is 1. The molecule has 0 aliphatic rings. The predicted molar refractivity (Wildman–Crippen MR) is 86.7 cm³/mol. The second-order valence-electron chi connectivity index (χ2n) is 4.76. The summed E-state index contributed by atoms with van der Waals surface area (Å²) in [6.07, 6.45) is 6.17. The first-order valence-electron chi connectivity index (χ1n) is 6.98. The fourth-order valence-electron chi connectivity index (χ4n) is 2.22. The van der Waals surface area contributed by atoms with Crippen LogP contribution in [0.1, 0.15) is 24.8 Å². The van der Waals surface area contributed by atoms with Crippen molar-refractivity contribution in [2.24, 2.45) is 11.5 Å². The molecule has 20 heavy (non-hydrogen) atoms. The lowest BCUT2D eigenvalue weighted by atomic mass is 10.1. The number of hydrogen-bond acceptors (Lipinski definition) is 3.